The van der Waals surface area contributed by atoms with Gasteiger partial charge in [0.2, 0.25) is 10.0 Å². The smallest absolute Gasteiger partial charge is 0.262 e. The summed E-state index contributed by atoms with van der Waals surface area (Å²) >= 11 is 0. The van der Waals surface area contributed by atoms with E-state index >= 15 is 0 Å². The van der Waals surface area contributed by atoms with Gasteiger partial charge in [-0.2, -0.15) is 4.31 Å². The van der Waals surface area contributed by atoms with Crippen LogP contribution in [0.25, 0.3) is 0 Å². The Balaban J connectivity index is 1.34. The molecule has 0 unspecified atom stereocenters. The van der Waals surface area contributed by atoms with Crippen LogP contribution in [0.4, 0.5) is 11.4 Å². The van der Waals surface area contributed by atoms with Gasteiger partial charge in [0.1, 0.15) is 5.75 Å². The van der Waals surface area contributed by atoms with E-state index in [2.05, 4.69) is 16.3 Å². The van der Waals surface area contributed by atoms with Crippen LogP contribution >= 0.6 is 0 Å². The van der Waals surface area contributed by atoms with E-state index < -0.39 is 10.0 Å². The van der Waals surface area contributed by atoms with Crippen molar-refractivity contribution in [1.82, 2.24) is 4.31 Å². The molecule has 9 heteroatoms. The van der Waals surface area contributed by atoms with Gasteiger partial charge in [-0.3, -0.25) is 4.79 Å². The summed E-state index contributed by atoms with van der Waals surface area (Å²) in [6.07, 6.45) is 6.62. The molecule has 2 aliphatic heterocycles. The summed E-state index contributed by atoms with van der Waals surface area (Å²) < 4.78 is 39.0. The lowest BCUT2D eigenvalue weighted by atomic mass is 10.1. The van der Waals surface area contributed by atoms with Crippen molar-refractivity contribution < 1.29 is 22.7 Å². The van der Waals surface area contributed by atoms with E-state index in [1.165, 1.54) is 21.9 Å². The molecule has 0 atom stereocenters. The number of nitrogens with one attached hydrogen (secondary N) is 1. The zero-order chi connectivity index (χ0) is 24.3. The van der Waals surface area contributed by atoms with E-state index in [4.69, 9.17) is 9.47 Å². The summed E-state index contributed by atoms with van der Waals surface area (Å²) in [5.41, 5.74) is 3.99. The average molecular weight is 500 g/mol. The standard InChI is InChI=1S/C26H33N3O5S/c30-26(19-34-22-8-7-20-5-4-6-21(20)17-22)27-24-18-23(35(31,32)29-13-15-33-16-14-29)9-10-25(24)28-11-2-1-3-12-28/h7-10,17-18H,1-6,11-16,19H2,(H,27,30). The van der Waals surface area contributed by atoms with Crippen LogP contribution in [0.1, 0.15) is 36.8 Å². The van der Waals surface area contributed by atoms with Crippen LogP contribution in [0.5, 0.6) is 5.75 Å². The molecule has 1 aliphatic carbocycles. The molecule has 3 aliphatic rings. The molecule has 0 bridgehead atoms. The van der Waals surface area contributed by atoms with Crippen molar-refractivity contribution in [1.29, 1.82) is 0 Å². The highest BCUT2D eigenvalue weighted by atomic mass is 32.2. The Morgan fingerprint density at radius 1 is 0.914 bits per heavy atom. The van der Waals surface area contributed by atoms with Gasteiger partial charge in [0.15, 0.2) is 6.61 Å². The van der Waals surface area contributed by atoms with Gasteiger partial charge in [-0.1, -0.05) is 6.07 Å². The fraction of sp³-hybridized carbons (Fsp3) is 0.500. The Labute approximate surface area is 207 Å². The number of ether oxygens (including phenoxy) is 2. The third-order valence-corrected chi connectivity index (χ3v) is 8.88. The zero-order valence-corrected chi connectivity index (χ0v) is 20.8. The quantitative estimate of drug-likeness (QED) is 0.630. The maximum atomic E-state index is 13.2. The maximum Gasteiger partial charge on any atom is 0.262 e. The number of nitrogens with zero attached hydrogens (tertiary/aromatic N) is 2. The van der Waals surface area contributed by atoms with Gasteiger partial charge >= 0.3 is 0 Å². The Hall–Kier alpha value is -2.62. The second-order valence-corrected chi connectivity index (χ2v) is 11.3. The van der Waals surface area contributed by atoms with E-state index in [-0.39, 0.29) is 17.4 Å². The number of piperidine rings is 1. The molecule has 35 heavy (non-hydrogen) atoms. The van der Waals surface area contributed by atoms with Crippen LogP contribution in [0.15, 0.2) is 41.3 Å². The Kier molecular flexibility index (Phi) is 7.27. The molecule has 2 fully saturated rings. The number of fused-ring (bicyclic) bond motifs is 1. The summed E-state index contributed by atoms with van der Waals surface area (Å²) in [5, 5.41) is 2.93. The van der Waals surface area contributed by atoms with E-state index in [0.29, 0.717) is 37.7 Å². The number of anilines is 2. The lowest BCUT2D eigenvalue weighted by molar-refractivity contribution is -0.118. The molecule has 1 N–H and O–H groups in total. The van der Waals surface area contributed by atoms with Crippen molar-refractivity contribution in [3.05, 3.63) is 47.5 Å². The van der Waals surface area contributed by atoms with Crippen LogP contribution in [0.2, 0.25) is 0 Å². The summed E-state index contributed by atoms with van der Waals surface area (Å²) in [4.78, 5) is 15.3. The zero-order valence-electron chi connectivity index (χ0n) is 20.0. The topological polar surface area (TPSA) is 88.2 Å². The Morgan fingerprint density at radius 2 is 1.69 bits per heavy atom. The van der Waals surface area contributed by atoms with Crippen molar-refractivity contribution in [2.75, 3.05) is 56.2 Å². The highest BCUT2D eigenvalue weighted by molar-refractivity contribution is 7.89. The second-order valence-electron chi connectivity index (χ2n) is 9.36. The molecule has 0 saturated carbocycles. The predicted octanol–water partition coefficient (Wildman–Crippen LogP) is 3.20. The number of hydrogen-bond acceptors (Lipinski definition) is 6. The van der Waals surface area contributed by atoms with Crippen LogP contribution in [-0.2, 0) is 32.4 Å². The number of amides is 1. The van der Waals surface area contributed by atoms with Crippen molar-refractivity contribution in [3.63, 3.8) is 0 Å². The number of carbonyl (C=O) groups is 1. The van der Waals surface area contributed by atoms with Crippen LogP contribution in [-0.4, -0.2) is 64.6 Å². The maximum absolute atomic E-state index is 13.2. The molecule has 2 aromatic rings. The van der Waals surface area contributed by atoms with Crippen LogP contribution < -0.4 is 15.0 Å². The highest BCUT2D eigenvalue weighted by Gasteiger charge is 2.28. The fourth-order valence-corrected chi connectivity index (χ4v) is 6.53. The molecule has 1 amide bonds. The number of morpholine rings is 1. The van der Waals surface area contributed by atoms with E-state index in [9.17, 15) is 13.2 Å². The van der Waals surface area contributed by atoms with Gasteiger partial charge in [0.05, 0.1) is 29.5 Å². The number of rotatable bonds is 7. The summed E-state index contributed by atoms with van der Waals surface area (Å²) in [6, 6.07) is 11.0. The first kappa shape index (κ1) is 24.1. The van der Waals surface area contributed by atoms with Crippen molar-refractivity contribution in [2.24, 2.45) is 0 Å². The summed E-state index contributed by atoms with van der Waals surface area (Å²) in [5.74, 6) is 0.366. The molecule has 2 aromatic carbocycles. The monoisotopic (exact) mass is 499 g/mol. The van der Waals surface area contributed by atoms with Gasteiger partial charge in [-0.15, -0.1) is 0 Å². The first-order chi connectivity index (χ1) is 17.0. The molecular weight excluding hydrogens is 466 g/mol. The molecule has 0 spiro atoms. The minimum Gasteiger partial charge on any atom is -0.484 e. The number of sulfonamides is 1. The van der Waals surface area contributed by atoms with Gasteiger partial charge < -0.3 is 19.7 Å². The lowest BCUT2D eigenvalue weighted by Gasteiger charge is -2.31. The first-order valence-electron chi connectivity index (χ1n) is 12.5. The second kappa shape index (κ2) is 10.6. The molecule has 2 heterocycles. The first-order valence-corrected chi connectivity index (χ1v) is 14.0. The van der Waals surface area contributed by atoms with Crippen molar-refractivity contribution in [2.45, 2.75) is 43.4 Å². The molecule has 5 rings (SSSR count). The highest BCUT2D eigenvalue weighted by Crippen LogP contribution is 2.32. The van der Waals surface area contributed by atoms with Crippen molar-refractivity contribution in [3.8, 4) is 5.75 Å². The number of aryl methyl sites for hydroxylation is 2. The van der Waals surface area contributed by atoms with Crippen molar-refractivity contribution >= 4 is 27.3 Å². The van der Waals surface area contributed by atoms with Gasteiger partial charge in [0, 0.05) is 26.2 Å². The van der Waals surface area contributed by atoms with Crippen LogP contribution in [0, 0.1) is 0 Å². The summed E-state index contributed by atoms with van der Waals surface area (Å²) in [6.45, 7) is 3.04. The third-order valence-electron chi connectivity index (χ3n) is 6.99. The van der Waals surface area contributed by atoms with Crippen LogP contribution in [0.3, 0.4) is 0 Å². The largest absolute Gasteiger partial charge is 0.484 e. The van der Waals surface area contributed by atoms with E-state index in [0.717, 1.165) is 50.9 Å². The van der Waals surface area contributed by atoms with Gasteiger partial charge in [-0.05, 0) is 80.0 Å². The lowest BCUT2D eigenvalue weighted by Crippen LogP contribution is -2.40. The van der Waals surface area contributed by atoms with Gasteiger partial charge in [0.25, 0.3) is 5.91 Å². The molecule has 2 saturated heterocycles. The fourth-order valence-electron chi connectivity index (χ4n) is 5.10. The predicted molar refractivity (Wildman–Crippen MR) is 135 cm³/mol. The molecule has 188 valence electrons. The Bertz CT molecular complexity index is 1170. The number of hydrogen-bond donors (Lipinski definition) is 1. The molecular formula is C26H33N3O5S. The minimum atomic E-state index is -3.68. The molecule has 0 radical (unpaired) electrons. The minimum absolute atomic E-state index is 0.140. The normalized spacial score (nSPS) is 18.8. The Morgan fingerprint density at radius 3 is 2.49 bits per heavy atom. The average Bonchev–Trinajstić information content (AvgIpc) is 3.36. The van der Waals surface area contributed by atoms with Gasteiger partial charge in [-0.25, -0.2) is 8.42 Å². The molecule has 0 aromatic heterocycles. The number of carbonyl (C=O) groups excluding carboxylic acids is 1. The van der Waals surface area contributed by atoms with E-state index in [1.54, 1.807) is 12.1 Å². The molecule has 8 nitrogen and oxygen atoms in total. The third kappa shape index (κ3) is 5.47. The number of benzene rings is 2. The SMILES string of the molecule is O=C(COc1ccc2c(c1)CCC2)Nc1cc(S(=O)(=O)N2CCOCC2)ccc1N1CCCCC1. The van der Waals surface area contributed by atoms with E-state index in [1.807, 2.05) is 18.2 Å². The summed E-state index contributed by atoms with van der Waals surface area (Å²) in [7, 11) is -3.68.